The summed E-state index contributed by atoms with van der Waals surface area (Å²) in [7, 11) is 4.05. The topological polar surface area (TPSA) is 68.0 Å². The van der Waals surface area contributed by atoms with Gasteiger partial charge in [0.1, 0.15) is 5.75 Å². The van der Waals surface area contributed by atoms with Crippen molar-refractivity contribution in [2.45, 2.75) is 6.42 Å². The van der Waals surface area contributed by atoms with Crippen LogP contribution >= 0.6 is 11.6 Å². The SMILES string of the molecule is CN(C)CC1COCCN(C(=O)c2ccc(Cl)cc2OCCCN)C1. The van der Waals surface area contributed by atoms with Crippen molar-refractivity contribution in [1.82, 2.24) is 9.80 Å². The maximum Gasteiger partial charge on any atom is 0.257 e. The zero-order valence-electron chi connectivity index (χ0n) is 15.0. The molecular weight excluding hydrogens is 342 g/mol. The molecule has 7 heteroatoms. The summed E-state index contributed by atoms with van der Waals surface area (Å²) in [6.45, 7) is 4.35. The third kappa shape index (κ3) is 6.15. The van der Waals surface area contributed by atoms with Crippen molar-refractivity contribution in [3.8, 4) is 5.75 Å². The van der Waals surface area contributed by atoms with Gasteiger partial charge >= 0.3 is 0 Å². The summed E-state index contributed by atoms with van der Waals surface area (Å²) in [4.78, 5) is 17.0. The fourth-order valence-electron chi connectivity index (χ4n) is 2.92. The molecule has 1 saturated heterocycles. The lowest BCUT2D eigenvalue weighted by atomic mass is 10.1. The van der Waals surface area contributed by atoms with E-state index in [0.29, 0.717) is 55.8 Å². The smallest absolute Gasteiger partial charge is 0.257 e. The third-order valence-electron chi connectivity index (χ3n) is 4.03. The number of benzene rings is 1. The van der Waals surface area contributed by atoms with Crippen LogP contribution in [-0.2, 0) is 4.74 Å². The van der Waals surface area contributed by atoms with Crippen LogP contribution < -0.4 is 10.5 Å². The van der Waals surface area contributed by atoms with Crippen LogP contribution in [0.4, 0.5) is 0 Å². The van der Waals surface area contributed by atoms with E-state index in [0.717, 1.165) is 13.0 Å². The number of hydrogen-bond acceptors (Lipinski definition) is 5. The summed E-state index contributed by atoms with van der Waals surface area (Å²) in [5.74, 6) is 0.754. The molecule has 25 heavy (non-hydrogen) atoms. The Hall–Kier alpha value is -1.34. The van der Waals surface area contributed by atoms with Gasteiger partial charge in [0.05, 0.1) is 25.4 Å². The molecule has 1 heterocycles. The van der Waals surface area contributed by atoms with Gasteiger partial charge in [0.15, 0.2) is 0 Å². The van der Waals surface area contributed by atoms with Gasteiger partial charge in [-0.25, -0.2) is 0 Å². The highest BCUT2D eigenvalue weighted by Gasteiger charge is 2.25. The van der Waals surface area contributed by atoms with Crippen LogP contribution in [0.25, 0.3) is 0 Å². The molecule has 0 aromatic heterocycles. The average molecular weight is 370 g/mol. The lowest BCUT2D eigenvalue weighted by Crippen LogP contribution is -2.38. The molecule has 1 unspecified atom stereocenters. The minimum absolute atomic E-state index is 0.0475. The molecule has 0 bridgehead atoms. The van der Waals surface area contributed by atoms with E-state index >= 15 is 0 Å². The van der Waals surface area contributed by atoms with Gasteiger partial charge in [-0.15, -0.1) is 0 Å². The van der Waals surface area contributed by atoms with Crippen molar-refractivity contribution in [3.05, 3.63) is 28.8 Å². The van der Waals surface area contributed by atoms with Gasteiger partial charge in [0.2, 0.25) is 0 Å². The normalized spacial score (nSPS) is 18.3. The lowest BCUT2D eigenvalue weighted by Gasteiger charge is -2.26. The molecule has 1 aromatic carbocycles. The standard InChI is InChI=1S/C18H28ClN3O3/c1-21(2)11-14-12-22(7-9-24-13-14)18(23)16-5-4-15(19)10-17(16)25-8-3-6-20/h4-5,10,14H,3,6-9,11-13,20H2,1-2H3. The van der Waals surface area contributed by atoms with Crippen molar-refractivity contribution in [1.29, 1.82) is 0 Å². The summed E-state index contributed by atoms with van der Waals surface area (Å²) in [6, 6.07) is 5.14. The monoisotopic (exact) mass is 369 g/mol. The maximum absolute atomic E-state index is 13.1. The maximum atomic E-state index is 13.1. The highest BCUT2D eigenvalue weighted by atomic mass is 35.5. The van der Waals surface area contributed by atoms with Crippen LogP contribution in [0.5, 0.6) is 5.75 Å². The molecule has 0 saturated carbocycles. The van der Waals surface area contributed by atoms with Gasteiger partial charge in [-0.3, -0.25) is 4.79 Å². The number of rotatable bonds is 7. The molecule has 1 aliphatic heterocycles. The quantitative estimate of drug-likeness (QED) is 0.741. The molecule has 2 N–H and O–H groups in total. The second-order valence-electron chi connectivity index (χ2n) is 6.59. The zero-order valence-corrected chi connectivity index (χ0v) is 15.8. The molecule has 1 aromatic rings. The Bertz CT molecular complexity index is 568. The Labute approximate surface area is 154 Å². The van der Waals surface area contributed by atoms with Crippen molar-refractivity contribution < 1.29 is 14.3 Å². The van der Waals surface area contributed by atoms with Gasteiger partial charge in [0, 0.05) is 30.6 Å². The fourth-order valence-corrected chi connectivity index (χ4v) is 3.08. The van der Waals surface area contributed by atoms with Gasteiger partial charge in [-0.05, 0) is 45.3 Å². The first-order valence-corrected chi connectivity index (χ1v) is 9.03. The molecule has 2 rings (SSSR count). The Morgan fingerprint density at radius 2 is 2.28 bits per heavy atom. The molecule has 140 valence electrons. The largest absolute Gasteiger partial charge is 0.493 e. The van der Waals surface area contributed by atoms with Crippen molar-refractivity contribution in [3.63, 3.8) is 0 Å². The molecular formula is C18H28ClN3O3. The fraction of sp³-hybridized carbons (Fsp3) is 0.611. The average Bonchev–Trinajstić information content (AvgIpc) is 2.79. The highest BCUT2D eigenvalue weighted by Crippen LogP contribution is 2.26. The van der Waals surface area contributed by atoms with E-state index in [-0.39, 0.29) is 11.8 Å². The first-order valence-electron chi connectivity index (χ1n) is 8.65. The van der Waals surface area contributed by atoms with Gasteiger partial charge < -0.3 is 25.0 Å². The summed E-state index contributed by atoms with van der Waals surface area (Å²) < 4.78 is 11.4. The zero-order chi connectivity index (χ0) is 18.2. The van der Waals surface area contributed by atoms with Gasteiger partial charge in [0.25, 0.3) is 5.91 Å². The highest BCUT2D eigenvalue weighted by molar-refractivity contribution is 6.30. The van der Waals surface area contributed by atoms with E-state index in [1.54, 1.807) is 18.2 Å². The summed E-state index contributed by atoms with van der Waals surface area (Å²) in [5, 5.41) is 0.545. The molecule has 0 radical (unpaired) electrons. The van der Waals surface area contributed by atoms with Crippen LogP contribution in [0.1, 0.15) is 16.8 Å². The second kappa shape index (κ2) is 9.97. The van der Waals surface area contributed by atoms with E-state index in [9.17, 15) is 4.79 Å². The molecule has 1 fully saturated rings. The second-order valence-corrected chi connectivity index (χ2v) is 7.02. The number of nitrogens with zero attached hydrogens (tertiary/aromatic N) is 2. The first-order chi connectivity index (χ1) is 12.0. The Balaban J connectivity index is 2.14. The molecule has 0 spiro atoms. The number of hydrogen-bond donors (Lipinski definition) is 1. The molecule has 6 nitrogen and oxygen atoms in total. The van der Waals surface area contributed by atoms with E-state index in [1.807, 2.05) is 19.0 Å². The first kappa shape index (κ1) is 20.0. The van der Waals surface area contributed by atoms with Crippen LogP contribution in [0, 0.1) is 5.92 Å². The number of ether oxygens (including phenoxy) is 2. The minimum Gasteiger partial charge on any atom is -0.493 e. The van der Waals surface area contributed by atoms with Gasteiger partial charge in [-0.1, -0.05) is 11.6 Å². The van der Waals surface area contributed by atoms with Crippen LogP contribution in [0.3, 0.4) is 0 Å². The van der Waals surface area contributed by atoms with Gasteiger partial charge in [-0.2, -0.15) is 0 Å². The molecule has 1 atom stereocenters. The van der Waals surface area contributed by atoms with Crippen molar-refractivity contribution in [2.75, 3.05) is 60.1 Å². The summed E-state index contributed by atoms with van der Waals surface area (Å²) in [6.07, 6.45) is 0.725. The van der Waals surface area contributed by atoms with Crippen molar-refractivity contribution >= 4 is 17.5 Å². The summed E-state index contributed by atoms with van der Waals surface area (Å²) >= 11 is 6.07. The number of halogens is 1. The summed E-state index contributed by atoms with van der Waals surface area (Å²) in [5.41, 5.74) is 6.04. The van der Waals surface area contributed by atoms with Crippen LogP contribution in [-0.4, -0.2) is 75.8 Å². The molecule has 1 amide bonds. The Morgan fingerprint density at radius 3 is 3.00 bits per heavy atom. The number of nitrogens with two attached hydrogens (primary N) is 1. The predicted molar refractivity (Wildman–Crippen MR) is 99.4 cm³/mol. The minimum atomic E-state index is -0.0475. The molecule has 0 aliphatic carbocycles. The lowest BCUT2D eigenvalue weighted by molar-refractivity contribution is 0.0730. The van der Waals surface area contributed by atoms with Crippen molar-refractivity contribution in [2.24, 2.45) is 11.7 Å². The number of carbonyl (C=O) groups is 1. The predicted octanol–water partition coefficient (Wildman–Crippen LogP) is 1.72. The number of carbonyl (C=O) groups excluding carboxylic acids is 1. The van der Waals surface area contributed by atoms with E-state index < -0.39 is 0 Å². The van der Waals surface area contributed by atoms with Crippen LogP contribution in [0.2, 0.25) is 5.02 Å². The van der Waals surface area contributed by atoms with E-state index in [2.05, 4.69) is 4.90 Å². The molecule has 1 aliphatic rings. The Kier molecular flexibility index (Phi) is 7.96. The Morgan fingerprint density at radius 1 is 1.48 bits per heavy atom. The van der Waals surface area contributed by atoms with E-state index in [1.165, 1.54) is 0 Å². The van der Waals surface area contributed by atoms with E-state index in [4.69, 9.17) is 26.8 Å². The number of amides is 1. The third-order valence-corrected chi connectivity index (χ3v) is 4.26. The van der Waals surface area contributed by atoms with Crippen LogP contribution in [0.15, 0.2) is 18.2 Å².